The van der Waals surface area contributed by atoms with Gasteiger partial charge in [0.1, 0.15) is 81.1 Å². The Morgan fingerprint density at radius 2 is 1.07 bits per heavy atom. The molecule has 0 amide bonds. The minimum Gasteiger partial charge on any atom is -0.482 e. The Hall–Kier alpha value is -9.92. The van der Waals surface area contributed by atoms with Crippen LogP contribution in [-0.2, 0) is 17.7 Å². The molecule has 0 radical (unpaired) electrons. The summed E-state index contributed by atoms with van der Waals surface area (Å²) in [5.41, 5.74) is 1.81. The molecular weight excluding hydrogens is 1230 g/mol. The van der Waals surface area contributed by atoms with Crippen molar-refractivity contribution >= 4 is 136 Å². The Morgan fingerprint density at radius 3 is 1.67 bits per heavy atom. The van der Waals surface area contributed by atoms with E-state index in [1.807, 2.05) is 52.8 Å². The number of benzene rings is 4. The van der Waals surface area contributed by atoms with Crippen LogP contribution in [0.15, 0.2) is 83.2 Å². The van der Waals surface area contributed by atoms with Crippen molar-refractivity contribution in [1.82, 2.24) is 23.3 Å². The molecule has 9 heterocycles. The summed E-state index contributed by atoms with van der Waals surface area (Å²) in [6.07, 6.45) is 3.00. The molecule has 0 N–H and O–H groups in total. The molecule has 0 atom stereocenters. The molecule has 13 nitrogen and oxygen atoms in total. The van der Waals surface area contributed by atoms with Crippen LogP contribution in [-0.4, -0.2) is 34.8 Å². The van der Waals surface area contributed by atoms with Crippen molar-refractivity contribution < 1.29 is 45.4 Å². The third-order valence-electron chi connectivity index (χ3n) is 16.0. The zero-order valence-electron chi connectivity index (χ0n) is 45.6. The van der Waals surface area contributed by atoms with Crippen molar-refractivity contribution in [2.24, 2.45) is 0 Å². The van der Waals surface area contributed by atoms with E-state index in [0.717, 1.165) is 69.0 Å². The van der Waals surface area contributed by atoms with Gasteiger partial charge in [-0.1, -0.05) is 0 Å². The van der Waals surface area contributed by atoms with Gasteiger partial charge >= 0.3 is 5.82 Å². The first-order chi connectivity index (χ1) is 42.1. The normalized spacial score (nSPS) is 15.9. The third kappa shape index (κ3) is 7.69. The van der Waals surface area contributed by atoms with Gasteiger partial charge in [-0.15, -0.1) is 45.3 Å². The molecule has 426 valence electrons. The van der Waals surface area contributed by atoms with Crippen LogP contribution in [0.3, 0.4) is 0 Å². The lowest BCUT2D eigenvalue weighted by molar-refractivity contribution is 0.103. The summed E-state index contributed by atoms with van der Waals surface area (Å²) in [7, 11) is 0. The predicted octanol–water partition coefficient (Wildman–Crippen LogP) is 17.6. The standard InChI is InChI=1S/C64H29F6N9O4S5/c1-8-79-41-19-40(70)39(69)17-30(41)50-62(79)76-52-48(44-18-34-58(86-44)59-42(82-64(34,4)5)12-25(85-59)10-32-47(61(73-6)74-7)27-14-36(66)38(68)16-29(27)56(32)81)53-54(78-88-77-53)49(51(52)75-50)45-20-43-60(87-45)57-33(63(2,3)83-43)11-24(84-57)9-31-46(23(21-71)22-72)26-13-35(65)37(67)15-28(26)55(31)80/h9-20H,8H2,1-5H3/b31-9-,32-10-. The van der Waals surface area contributed by atoms with Crippen LogP contribution in [0.5, 0.6) is 11.5 Å². The molecule has 2 aliphatic carbocycles. The van der Waals surface area contributed by atoms with E-state index in [-0.39, 0.29) is 50.1 Å². The maximum atomic E-state index is 15.4. The average Bonchev–Trinajstić information content (AvgIpc) is 1.61. The van der Waals surface area contributed by atoms with Crippen LogP contribution >= 0.6 is 57.1 Å². The molecular formula is C64H29F6N9O4S5. The van der Waals surface area contributed by atoms with Crippen molar-refractivity contribution in [3.05, 3.63) is 184 Å². The van der Waals surface area contributed by atoms with Crippen molar-refractivity contribution in [1.29, 1.82) is 10.5 Å². The van der Waals surface area contributed by atoms with E-state index in [1.165, 1.54) is 57.5 Å². The van der Waals surface area contributed by atoms with Gasteiger partial charge in [0.05, 0.1) is 42.3 Å². The van der Waals surface area contributed by atoms with Gasteiger partial charge in [0.25, 0.3) is 0 Å². The van der Waals surface area contributed by atoms with Gasteiger partial charge < -0.3 is 14.0 Å². The van der Waals surface area contributed by atoms with Crippen LogP contribution in [0, 0.1) is 70.7 Å². The number of halogens is 6. The first-order valence-electron chi connectivity index (χ1n) is 26.4. The average molecular weight is 1260 g/mol. The number of hydrogen-bond acceptors (Lipinski definition) is 15. The van der Waals surface area contributed by atoms with E-state index < -0.39 is 69.1 Å². The maximum absolute atomic E-state index is 15.4. The topological polar surface area (TPSA) is 165 Å². The smallest absolute Gasteiger partial charge is 0.482 e. The highest BCUT2D eigenvalue weighted by molar-refractivity contribution is 7.25. The molecule has 7 aromatic heterocycles. The van der Waals surface area contributed by atoms with Gasteiger partial charge in [-0.3, -0.25) is 9.59 Å². The first kappa shape index (κ1) is 54.7. The van der Waals surface area contributed by atoms with Gasteiger partial charge in [0.15, 0.2) is 52.1 Å². The van der Waals surface area contributed by atoms with Crippen molar-refractivity contribution in [3.8, 4) is 64.0 Å². The minimum atomic E-state index is -1.26. The van der Waals surface area contributed by atoms with Crippen LogP contribution in [0.2, 0.25) is 0 Å². The Labute approximate surface area is 512 Å². The van der Waals surface area contributed by atoms with Crippen molar-refractivity contribution in [3.63, 3.8) is 0 Å². The number of fused-ring (bicyclic) bond motifs is 13. The second-order valence-electron chi connectivity index (χ2n) is 21.7. The number of nitriles is 2. The number of ether oxygens (including phenoxy) is 2. The fourth-order valence-electron chi connectivity index (χ4n) is 12.1. The van der Waals surface area contributed by atoms with E-state index in [1.54, 1.807) is 22.8 Å². The summed E-state index contributed by atoms with van der Waals surface area (Å²) in [6, 6.07) is 16.4. The van der Waals surface area contributed by atoms with Gasteiger partial charge in [-0.05, 0) is 112 Å². The van der Waals surface area contributed by atoms with Crippen LogP contribution in [0.1, 0.15) is 87.3 Å². The lowest BCUT2D eigenvalue weighted by Crippen LogP contribution is -2.27. The number of thiophene rings is 4. The zero-order valence-corrected chi connectivity index (χ0v) is 49.7. The molecule has 11 aromatic rings. The van der Waals surface area contributed by atoms with E-state index in [0.29, 0.717) is 97.1 Å². The molecule has 0 unspecified atom stereocenters. The number of allylic oxidation sites excluding steroid dienone is 5. The molecule has 0 saturated carbocycles. The Morgan fingerprint density at radius 1 is 0.591 bits per heavy atom. The summed E-state index contributed by atoms with van der Waals surface area (Å²) in [5, 5.41) is 20.3. The zero-order chi connectivity index (χ0) is 61.5. The van der Waals surface area contributed by atoms with Gasteiger partial charge in [-0.25, -0.2) is 36.3 Å². The maximum Gasteiger partial charge on any atom is 0.528 e. The SMILES string of the molecule is [C-]#[N+]C([N+]#[C-])=C1/C(=C/c2cc3c(s2)-c2sc(-c4c5nsnc5c(-c5cc6c(s5)-c5sc(/C=C7\C(=O)c8cc(F)c(F)cc8C7=C(C#N)C#N)cc5C(C)(C)O6)c5nc6c7cc(F)c(F)cc7n(CC)c6nc45)cc2C(C)(C)O3)C(=O)c2cc(F)c(F)cc21. The molecule has 0 bridgehead atoms. The number of Topliss-reactive ketones (excluding diaryl/α,β-unsaturated/α-hetero) is 2. The minimum absolute atomic E-state index is 0.0628. The molecule has 88 heavy (non-hydrogen) atoms. The van der Waals surface area contributed by atoms with Gasteiger partial charge in [0.2, 0.25) is 0 Å². The monoisotopic (exact) mass is 1260 g/mol. The predicted molar refractivity (Wildman–Crippen MR) is 325 cm³/mol. The number of nitrogens with zero attached hydrogens (tertiary/aromatic N) is 9. The number of ketones is 2. The lowest BCUT2D eigenvalue weighted by atomic mass is 9.94. The van der Waals surface area contributed by atoms with E-state index >= 15 is 8.78 Å². The third-order valence-corrected chi connectivity index (χ3v) is 21.2. The molecule has 24 heteroatoms. The Balaban J connectivity index is 0.919. The van der Waals surface area contributed by atoms with Crippen molar-refractivity contribution in [2.75, 3.05) is 0 Å². The van der Waals surface area contributed by atoms with Gasteiger partial charge in [-0.2, -0.15) is 29.0 Å². The van der Waals surface area contributed by atoms with Crippen LogP contribution in [0.4, 0.5) is 26.3 Å². The molecule has 4 aromatic carbocycles. The quantitative estimate of drug-likeness (QED) is 0.0701. The summed E-state index contributed by atoms with van der Waals surface area (Å²) in [6.45, 7) is 25.2. The molecule has 2 aliphatic heterocycles. The Bertz CT molecular complexity index is 5490. The first-order valence-corrected chi connectivity index (χ1v) is 30.4. The number of hydrogen-bond donors (Lipinski definition) is 0. The molecule has 0 saturated heterocycles. The number of carbonyl (C=O) groups excluding carboxylic acids is 2. The summed E-state index contributed by atoms with van der Waals surface area (Å²) >= 11 is 6.28. The highest BCUT2D eigenvalue weighted by atomic mass is 32.1. The summed E-state index contributed by atoms with van der Waals surface area (Å²) in [5.74, 6) is -8.06. The molecule has 0 spiro atoms. The van der Waals surface area contributed by atoms with E-state index in [2.05, 4.69) is 9.69 Å². The second-order valence-corrected chi connectivity index (χ2v) is 26.5. The van der Waals surface area contributed by atoms with E-state index in [9.17, 15) is 37.7 Å². The van der Waals surface area contributed by atoms with Crippen molar-refractivity contribution in [2.45, 2.75) is 52.4 Å². The number of aryl methyl sites for hydroxylation is 1. The summed E-state index contributed by atoms with van der Waals surface area (Å²) < 4.78 is 114. The fourth-order valence-corrected chi connectivity index (χ4v) is 17.7. The largest absolute Gasteiger partial charge is 0.528 e. The number of carbonyl (C=O) groups is 2. The van der Waals surface area contributed by atoms with Crippen LogP contribution < -0.4 is 9.47 Å². The number of rotatable bonds is 5. The lowest BCUT2D eigenvalue weighted by Gasteiger charge is -2.31. The second kappa shape index (κ2) is 19.0. The molecule has 15 rings (SSSR count). The highest BCUT2D eigenvalue weighted by Crippen LogP contribution is 2.59. The molecule has 0 fully saturated rings. The fraction of sp³-hybridized carbons (Fsp3) is 0.125. The van der Waals surface area contributed by atoms with E-state index in [4.69, 9.17) is 41.3 Å². The molecule has 4 aliphatic rings. The van der Waals surface area contributed by atoms with Gasteiger partial charge in [0, 0.05) is 87.6 Å². The number of aromatic nitrogens is 5. The summed E-state index contributed by atoms with van der Waals surface area (Å²) in [4.78, 5) is 50.6. The van der Waals surface area contributed by atoms with Crippen LogP contribution in [0.25, 0.3) is 118 Å². The highest BCUT2D eigenvalue weighted by Gasteiger charge is 2.42. The Kier molecular flexibility index (Phi) is 11.8.